The van der Waals surface area contributed by atoms with Crippen molar-refractivity contribution in [2.75, 3.05) is 7.05 Å². The molecule has 0 saturated heterocycles. The van der Waals surface area contributed by atoms with Gasteiger partial charge in [0.2, 0.25) is 5.89 Å². The van der Waals surface area contributed by atoms with E-state index in [0.29, 0.717) is 5.89 Å². The van der Waals surface area contributed by atoms with Crippen molar-refractivity contribution in [1.29, 1.82) is 0 Å². The monoisotopic (exact) mass is 188 g/mol. The summed E-state index contributed by atoms with van der Waals surface area (Å²) in [6.07, 6.45) is 1.68. The lowest BCUT2D eigenvalue weighted by molar-refractivity contribution is 0.571. The fourth-order valence-electron chi connectivity index (χ4n) is 1.28. The molecule has 2 aromatic rings. The fourth-order valence-corrected chi connectivity index (χ4v) is 1.28. The molecular weight excluding hydrogens is 176 g/mol. The summed E-state index contributed by atoms with van der Waals surface area (Å²) < 4.78 is 5.35. The first-order valence-electron chi connectivity index (χ1n) is 4.54. The molecule has 3 heteroatoms. The molecule has 0 unspecified atom stereocenters. The largest absolute Gasteiger partial charge is 0.444 e. The van der Waals surface area contributed by atoms with E-state index in [4.69, 9.17) is 4.42 Å². The summed E-state index contributed by atoms with van der Waals surface area (Å²) in [7, 11) is 1.89. The predicted octanol–water partition coefficient (Wildman–Crippen LogP) is 2.06. The molecule has 0 amide bonds. The second kappa shape index (κ2) is 4.07. The van der Waals surface area contributed by atoms with Crippen molar-refractivity contribution in [3.8, 4) is 11.5 Å². The number of benzene rings is 1. The highest BCUT2D eigenvalue weighted by Crippen LogP contribution is 2.17. The van der Waals surface area contributed by atoms with Crippen LogP contribution in [0.25, 0.3) is 11.5 Å². The van der Waals surface area contributed by atoms with E-state index in [1.165, 1.54) is 0 Å². The molecule has 0 spiro atoms. The van der Waals surface area contributed by atoms with Crippen LogP contribution in [0.1, 0.15) is 5.69 Å². The van der Waals surface area contributed by atoms with Crippen molar-refractivity contribution in [1.82, 2.24) is 10.3 Å². The second-order valence-corrected chi connectivity index (χ2v) is 3.04. The first-order chi connectivity index (χ1) is 6.90. The molecule has 2 rings (SSSR count). The first-order valence-corrected chi connectivity index (χ1v) is 4.54. The van der Waals surface area contributed by atoms with Gasteiger partial charge in [-0.3, -0.25) is 0 Å². The standard InChI is InChI=1S/C11H12N2O/c1-12-7-10-8-14-11(13-10)9-5-3-2-4-6-9/h2-6,8,12H,7H2,1H3. The molecule has 0 aliphatic heterocycles. The van der Waals surface area contributed by atoms with E-state index in [0.717, 1.165) is 17.8 Å². The van der Waals surface area contributed by atoms with E-state index in [2.05, 4.69) is 10.3 Å². The van der Waals surface area contributed by atoms with Crippen molar-refractivity contribution in [3.05, 3.63) is 42.3 Å². The lowest BCUT2D eigenvalue weighted by Crippen LogP contribution is -2.04. The summed E-state index contributed by atoms with van der Waals surface area (Å²) in [6, 6.07) is 9.87. The molecule has 1 aromatic carbocycles. The van der Waals surface area contributed by atoms with Crippen molar-refractivity contribution in [2.24, 2.45) is 0 Å². The van der Waals surface area contributed by atoms with Crippen LogP contribution in [0.3, 0.4) is 0 Å². The Morgan fingerprint density at radius 3 is 2.79 bits per heavy atom. The van der Waals surface area contributed by atoms with Crippen LogP contribution < -0.4 is 5.32 Å². The Balaban J connectivity index is 2.25. The van der Waals surface area contributed by atoms with Gasteiger partial charge in [-0.25, -0.2) is 4.98 Å². The Morgan fingerprint density at radius 2 is 2.07 bits per heavy atom. The van der Waals surface area contributed by atoms with Gasteiger partial charge in [-0.05, 0) is 19.2 Å². The number of hydrogen-bond donors (Lipinski definition) is 1. The van der Waals surface area contributed by atoms with Gasteiger partial charge < -0.3 is 9.73 Å². The molecule has 0 aliphatic carbocycles. The topological polar surface area (TPSA) is 38.1 Å². The summed E-state index contributed by atoms with van der Waals surface area (Å²) in [4.78, 5) is 4.34. The van der Waals surface area contributed by atoms with Gasteiger partial charge in [0.05, 0.1) is 5.69 Å². The Hall–Kier alpha value is -1.61. The lowest BCUT2D eigenvalue weighted by Gasteiger charge is -1.92. The predicted molar refractivity (Wildman–Crippen MR) is 54.7 cm³/mol. The minimum atomic E-state index is 0.677. The molecule has 0 fully saturated rings. The van der Waals surface area contributed by atoms with Gasteiger partial charge in [-0.1, -0.05) is 18.2 Å². The molecule has 72 valence electrons. The normalized spacial score (nSPS) is 10.4. The summed E-state index contributed by atoms with van der Waals surface area (Å²) in [5.41, 5.74) is 1.93. The van der Waals surface area contributed by atoms with Gasteiger partial charge in [0.25, 0.3) is 0 Å². The smallest absolute Gasteiger partial charge is 0.226 e. The molecule has 3 nitrogen and oxygen atoms in total. The van der Waals surface area contributed by atoms with Crippen LogP contribution in [0, 0.1) is 0 Å². The van der Waals surface area contributed by atoms with Crippen LogP contribution in [-0.4, -0.2) is 12.0 Å². The fraction of sp³-hybridized carbons (Fsp3) is 0.182. The average Bonchev–Trinajstić information content (AvgIpc) is 2.68. The minimum Gasteiger partial charge on any atom is -0.444 e. The van der Waals surface area contributed by atoms with Gasteiger partial charge in [0.1, 0.15) is 6.26 Å². The van der Waals surface area contributed by atoms with E-state index < -0.39 is 0 Å². The molecule has 0 aliphatic rings. The number of aromatic nitrogens is 1. The van der Waals surface area contributed by atoms with Crippen molar-refractivity contribution in [3.63, 3.8) is 0 Å². The lowest BCUT2D eigenvalue weighted by atomic mass is 10.2. The van der Waals surface area contributed by atoms with E-state index in [1.807, 2.05) is 37.4 Å². The van der Waals surface area contributed by atoms with Crippen molar-refractivity contribution in [2.45, 2.75) is 6.54 Å². The van der Waals surface area contributed by atoms with Gasteiger partial charge in [0, 0.05) is 12.1 Å². The molecule has 0 bridgehead atoms. The Kier molecular flexibility index (Phi) is 2.60. The molecule has 1 N–H and O–H groups in total. The third kappa shape index (κ3) is 1.83. The van der Waals surface area contributed by atoms with Gasteiger partial charge in [-0.15, -0.1) is 0 Å². The molecule has 1 heterocycles. The number of oxazole rings is 1. The maximum atomic E-state index is 5.35. The zero-order valence-corrected chi connectivity index (χ0v) is 8.03. The highest BCUT2D eigenvalue weighted by atomic mass is 16.3. The summed E-state index contributed by atoms with van der Waals surface area (Å²) in [5, 5.41) is 3.03. The molecule has 0 radical (unpaired) electrons. The Labute approximate surface area is 82.8 Å². The quantitative estimate of drug-likeness (QED) is 0.801. The third-order valence-corrected chi connectivity index (χ3v) is 1.93. The zero-order valence-electron chi connectivity index (χ0n) is 8.03. The highest BCUT2D eigenvalue weighted by Gasteiger charge is 2.04. The van der Waals surface area contributed by atoms with Crippen LogP contribution in [0.4, 0.5) is 0 Å². The van der Waals surface area contributed by atoms with Gasteiger partial charge >= 0.3 is 0 Å². The summed E-state index contributed by atoms with van der Waals surface area (Å²) in [5.74, 6) is 0.677. The van der Waals surface area contributed by atoms with Crippen molar-refractivity contribution < 1.29 is 4.42 Å². The Bertz CT molecular complexity index is 395. The van der Waals surface area contributed by atoms with Crippen LogP contribution in [0.2, 0.25) is 0 Å². The van der Waals surface area contributed by atoms with Crippen LogP contribution in [0.15, 0.2) is 41.0 Å². The minimum absolute atomic E-state index is 0.677. The van der Waals surface area contributed by atoms with Crippen LogP contribution in [0.5, 0.6) is 0 Å². The maximum Gasteiger partial charge on any atom is 0.226 e. The number of rotatable bonds is 3. The molecule has 0 saturated carbocycles. The summed E-state index contributed by atoms with van der Waals surface area (Å²) >= 11 is 0. The van der Waals surface area contributed by atoms with Gasteiger partial charge in [-0.2, -0.15) is 0 Å². The molecule has 1 aromatic heterocycles. The van der Waals surface area contributed by atoms with Crippen LogP contribution >= 0.6 is 0 Å². The number of nitrogens with zero attached hydrogens (tertiary/aromatic N) is 1. The Morgan fingerprint density at radius 1 is 1.29 bits per heavy atom. The second-order valence-electron chi connectivity index (χ2n) is 3.04. The SMILES string of the molecule is CNCc1coc(-c2ccccc2)n1. The number of hydrogen-bond acceptors (Lipinski definition) is 3. The maximum absolute atomic E-state index is 5.35. The van der Waals surface area contributed by atoms with E-state index in [1.54, 1.807) is 6.26 Å². The van der Waals surface area contributed by atoms with Gasteiger partial charge in [0.15, 0.2) is 0 Å². The van der Waals surface area contributed by atoms with E-state index >= 15 is 0 Å². The highest BCUT2D eigenvalue weighted by molar-refractivity contribution is 5.52. The van der Waals surface area contributed by atoms with Crippen molar-refractivity contribution >= 4 is 0 Å². The van der Waals surface area contributed by atoms with Crippen LogP contribution in [-0.2, 0) is 6.54 Å². The summed E-state index contributed by atoms with van der Waals surface area (Å²) in [6.45, 7) is 0.732. The zero-order chi connectivity index (χ0) is 9.80. The molecular formula is C11H12N2O. The third-order valence-electron chi connectivity index (χ3n) is 1.93. The molecule has 14 heavy (non-hydrogen) atoms. The number of nitrogens with one attached hydrogen (secondary N) is 1. The molecule has 0 atom stereocenters. The first kappa shape index (κ1) is 8.97. The van der Waals surface area contributed by atoms with E-state index in [9.17, 15) is 0 Å². The van der Waals surface area contributed by atoms with E-state index in [-0.39, 0.29) is 0 Å². The average molecular weight is 188 g/mol.